The zero-order valence-electron chi connectivity index (χ0n) is 13.0. The van der Waals surface area contributed by atoms with Gasteiger partial charge in [0.1, 0.15) is 0 Å². The molecule has 0 aromatic carbocycles. The van der Waals surface area contributed by atoms with Crippen molar-refractivity contribution in [1.29, 1.82) is 0 Å². The van der Waals surface area contributed by atoms with Crippen molar-refractivity contribution in [2.75, 3.05) is 6.61 Å². The van der Waals surface area contributed by atoms with Crippen LogP contribution in [0, 0.1) is 0 Å². The Morgan fingerprint density at radius 1 is 0.533 bits per heavy atom. The van der Waals surface area contributed by atoms with Crippen molar-refractivity contribution in [2.45, 2.75) is 47.6 Å². The van der Waals surface area contributed by atoms with E-state index in [9.17, 15) is 74.6 Å². The van der Waals surface area contributed by atoms with Gasteiger partial charge < -0.3 is 5.11 Å². The fourth-order valence-electron chi connectivity index (χ4n) is 1.51. The van der Waals surface area contributed by atoms with Crippen LogP contribution in [0.4, 0.5) is 74.6 Å². The molecule has 1 N–H and O–H groups in total. The van der Waals surface area contributed by atoms with Crippen LogP contribution in [0.1, 0.15) is 0 Å². The van der Waals surface area contributed by atoms with Crippen LogP contribution >= 0.6 is 22.6 Å². The van der Waals surface area contributed by atoms with Crippen LogP contribution in [-0.4, -0.2) is 59.3 Å². The Morgan fingerprint density at radius 2 is 0.800 bits per heavy atom. The van der Waals surface area contributed by atoms with Gasteiger partial charge in [0.15, 0.2) is 0 Å². The zero-order valence-corrected chi connectivity index (χ0v) is 15.2. The molecule has 0 saturated carbocycles. The number of aliphatic hydroxyl groups excluding tert-OH is 1. The van der Waals surface area contributed by atoms with E-state index in [1.54, 1.807) is 0 Å². The summed E-state index contributed by atoms with van der Waals surface area (Å²) in [5.74, 6) is -56.6. The molecule has 1 nitrogen and oxygen atoms in total. The van der Waals surface area contributed by atoms with Gasteiger partial charge in [-0.1, -0.05) is 0 Å². The van der Waals surface area contributed by atoms with E-state index >= 15 is 0 Å². The number of hydrogen-bond donors (Lipinski definition) is 1. The van der Waals surface area contributed by atoms with E-state index < -0.39 is 63.9 Å². The van der Waals surface area contributed by atoms with E-state index in [0.717, 1.165) is 0 Å². The Labute approximate surface area is 167 Å². The van der Waals surface area contributed by atoms with E-state index in [1.165, 1.54) is 0 Å². The molecule has 0 atom stereocenters. The lowest BCUT2D eigenvalue weighted by atomic mass is 9.89. The molecule has 0 heterocycles. The first-order chi connectivity index (χ1) is 12.7. The third-order valence-electron chi connectivity index (χ3n) is 3.24. The summed E-state index contributed by atoms with van der Waals surface area (Å²) in [6, 6.07) is 0. The van der Waals surface area contributed by atoms with Gasteiger partial charge >= 0.3 is 47.6 Å². The summed E-state index contributed by atoms with van der Waals surface area (Å²) >= 11 is 0.541. The summed E-state index contributed by atoms with van der Waals surface area (Å²) in [6.45, 7) is -1.62. The maximum Gasteiger partial charge on any atom is 0.460 e. The number of aliphatic hydroxyl groups is 1. The smallest absolute Gasteiger partial charge is 0.391 e. The minimum atomic E-state index is -8.64. The van der Waals surface area contributed by atoms with Gasteiger partial charge in [-0.15, -0.1) is 0 Å². The van der Waals surface area contributed by atoms with Gasteiger partial charge in [0.05, 0.1) is 6.61 Å². The molecular formula is C11H4F17IO. The SMILES string of the molecule is OC/C(I)=C\C(F)(F)C(F)(F)C(F)(F)C(F)(F)C(F)(F)C(F)(F)C(F)(F)C(F)(F)F. The predicted octanol–water partition coefficient (Wildman–Crippen LogP) is 6.31. The number of alkyl halides is 17. The number of allylic oxidation sites excluding steroid dienone is 1. The van der Waals surface area contributed by atoms with Crippen molar-refractivity contribution in [3.05, 3.63) is 9.66 Å². The quantitative estimate of drug-likeness (QED) is 0.256. The molecule has 30 heavy (non-hydrogen) atoms. The van der Waals surface area contributed by atoms with Crippen molar-refractivity contribution in [3.8, 4) is 0 Å². The highest BCUT2D eigenvalue weighted by Gasteiger charge is 2.95. The second-order valence-corrected chi connectivity index (χ2v) is 6.70. The maximum absolute atomic E-state index is 13.3. The van der Waals surface area contributed by atoms with Crippen LogP contribution in [0.15, 0.2) is 9.66 Å². The molecule has 0 aliphatic rings. The first kappa shape index (κ1) is 29.2. The summed E-state index contributed by atoms with van der Waals surface area (Å²) in [5, 5.41) is 8.33. The van der Waals surface area contributed by atoms with Crippen LogP contribution in [0.25, 0.3) is 0 Å². The topological polar surface area (TPSA) is 20.2 Å². The Balaban J connectivity index is 6.77. The minimum Gasteiger partial charge on any atom is -0.391 e. The fourth-order valence-corrected chi connectivity index (χ4v) is 1.90. The van der Waals surface area contributed by atoms with Crippen LogP contribution in [0.5, 0.6) is 0 Å². The van der Waals surface area contributed by atoms with Crippen LogP contribution in [-0.2, 0) is 0 Å². The van der Waals surface area contributed by atoms with Gasteiger partial charge in [0.25, 0.3) is 0 Å². The number of hydrogen-bond acceptors (Lipinski definition) is 1. The molecule has 0 aliphatic heterocycles. The summed E-state index contributed by atoms with van der Waals surface area (Å²) < 4.78 is 218. The normalized spacial score (nSPS) is 16.8. The standard InChI is InChI=1S/C11H4F17IO/c12-4(13,1-3(29)2-30)5(14,15)6(16,17)7(18,19)8(20,21)9(22,23)10(24,25)11(26,27)28/h1,30H,2H2/b3-1+. The van der Waals surface area contributed by atoms with Gasteiger partial charge in [-0.25, -0.2) is 0 Å². The predicted molar refractivity (Wildman–Crippen MR) is 69.9 cm³/mol. The molecule has 0 aromatic rings. The lowest BCUT2D eigenvalue weighted by molar-refractivity contribution is -0.459. The molecule has 0 fully saturated rings. The molecule has 0 rings (SSSR count). The molecule has 0 amide bonds. The molecule has 0 bridgehead atoms. The summed E-state index contributed by atoms with van der Waals surface area (Å²) in [7, 11) is 0. The lowest BCUT2D eigenvalue weighted by Gasteiger charge is -2.42. The van der Waals surface area contributed by atoms with Crippen molar-refractivity contribution in [2.24, 2.45) is 0 Å². The monoisotopic (exact) mass is 602 g/mol. The lowest BCUT2D eigenvalue weighted by Crippen LogP contribution is -2.74. The first-order valence-electron chi connectivity index (χ1n) is 6.40. The Morgan fingerprint density at radius 3 is 1.07 bits per heavy atom. The zero-order chi connectivity index (χ0) is 25.0. The van der Waals surface area contributed by atoms with Crippen molar-refractivity contribution in [3.63, 3.8) is 0 Å². The van der Waals surface area contributed by atoms with Crippen molar-refractivity contribution >= 4 is 22.6 Å². The molecule has 0 saturated heterocycles. The van der Waals surface area contributed by atoms with Gasteiger partial charge in [0, 0.05) is 9.66 Å². The average Bonchev–Trinajstić information content (AvgIpc) is 2.51. The summed E-state index contributed by atoms with van der Waals surface area (Å²) in [5.41, 5.74) is 0. The Hall–Kier alpha value is -0.760. The van der Waals surface area contributed by atoms with E-state index in [0.29, 0.717) is 22.6 Å². The average molecular weight is 602 g/mol. The third kappa shape index (κ3) is 3.91. The molecule has 19 heteroatoms. The fraction of sp³-hybridized carbons (Fsp3) is 0.818. The van der Waals surface area contributed by atoms with Crippen molar-refractivity contribution < 1.29 is 79.7 Å². The van der Waals surface area contributed by atoms with Crippen molar-refractivity contribution in [1.82, 2.24) is 0 Å². The van der Waals surface area contributed by atoms with Crippen LogP contribution in [0.2, 0.25) is 0 Å². The van der Waals surface area contributed by atoms with E-state index in [-0.39, 0.29) is 0 Å². The molecule has 0 aliphatic carbocycles. The Kier molecular flexibility index (Phi) is 7.48. The van der Waals surface area contributed by atoms with Gasteiger partial charge in [-0.05, 0) is 22.6 Å². The molecule has 0 unspecified atom stereocenters. The minimum absolute atomic E-state index is 0.541. The highest BCUT2D eigenvalue weighted by atomic mass is 127. The second-order valence-electron chi connectivity index (χ2n) is 5.32. The molecule has 180 valence electrons. The second kappa shape index (κ2) is 7.68. The van der Waals surface area contributed by atoms with Crippen LogP contribution < -0.4 is 0 Å². The van der Waals surface area contributed by atoms with Crippen LogP contribution in [0.3, 0.4) is 0 Å². The molecule has 0 radical (unpaired) electrons. The molecule has 0 spiro atoms. The van der Waals surface area contributed by atoms with Gasteiger partial charge in [0.2, 0.25) is 0 Å². The maximum atomic E-state index is 13.3. The van der Waals surface area contributed by atoms with Gasteiger partial charge in [-0.2, -0.15) is 74.6 Å². The highest BCUT2D eigenvalue weighted by molar-refractivity contribution is 14.1. The summed E-state index contributed by atoms with van der Waals surface area (Å²) in [4.78, 5) is 0. The number of rotatable bonds is 8. The molecular weight excluding hydrogens is 598 g/mol. The first-order valence-corrected chi connectivity index (χ1v) is 7.48. The third-order valence-corrected chi connectivity index (χ3v) is 3.89. The highest BCUT2D eigenvalue weighted by Crippen LogP contribution is 2.64. The van der Waals surface area contributed by atoms with E-state index in [2.05, 4.69) is 0 Å². The number of halogens is 18. The van der Waals surface area contributed by atoms with E-state index in [1.807, 2.05) is 0 Å². The Bertz CT molecular complexity index is 661. The largest absolute Gasteiger partial charge is 0.460 e. The molecule has 0 aromatic heterocycles. The summed E-state index contributed by atoms with van der Waals surface area (Å²) in [6.07, 6.45) is -9.16. The van der Waals surface area contributed by atoms with E-state index in [4.69, 9.17) is 5.11 Å². The van der Waals surface area contributed by atoms with Gasteiger partial charge in [-0.3, -0.25) is 0 Å².